The van der Waals surface area contributed by atoms with Crippen molar-refractivity contribution in [3.63, 3.8) is 0 Å². The molecule has 0 spiro atoms. The van der Waals surface area contributed by atoms with Crippen molar-refractivity contribution >= 4 is 23.3 Å². The van der Waals surface area contributed by atoms with E-state index in [1.807, 2.05) is 61.2 Å². The monoisotopic (exact) mass is 410 g/mol. The molecule has 1 heterocycles. The number of hydrogen-bond donors (Lipinski definition) is 0. The second-order valence-electron chi connectivity index (χ2n) is 7.07. The first-order valence-corrected chi connectivity index (χ1v) is 9.53. The van der Waals surface area contributed by atoms with Gasteiger partial charge in [-0.3, -0.25) is 0 Å². The number of carbonyl (C=O) groups excluding carboxylic acids is 2. The van der Waals surface area contributed by atoms with E-state index in [1.54, 1.807) is 12.0 Å². The van der Waals surface area contributed by atoms with Gasteiger partial charge in [-0.2, -0.15) is 0 Å². The lowest BCUT2D eigenvalue weighted by Gasteiger charge is -2.40. The summed E-state index contributed by atoms with van der Waals surface area (Å²) < 4.78 is 15.3. The minimum Gasteiger partial charge on any atom is -0.497 e. The van der Waals surface area contributed by atoms with Gasteiger partial charge in [0.2, 0.25) is 0 Å². The molecule has 0 aromatic heterocycles. The summed E-state index contributed by atoms with van der Waals surface area (Å²) >= 11 is 0. The highest BCUT2D eigenvalue weighted by molar-refractivity contribution is 6.04. The van der Waals surface area contributed by atoms with Gasteiger partial charge in [-0.15, -0.1) is 0 Å². The van der Waals surface area contributed by atoms with Crippen LogP contribution in [0, 0.1) is 13.8 Å². The Kier molecular flexibility index (Phi) is 6.30. The average Bonchev–Trinajstić information content (AvgIpc) is 2.77. The molecule has 0 saturated carbocycles. The van der Waals surface area contributed by atoms with Gasteiger partial charge in [-0.05, 0) is 49.7 Å². The Morgan fingerprint density at radius 1 is 0.900 bits per heavy atom. The van der Waals surface area contributed by atoms with Crippen LogP contribution < -0.4 is 14.5 Å². The first-order chi connectivity index (χ1) is 14.4. The molecule has 0 amide bonds. The maximum atomic E-state index is 12.7. The summed E-state index contributed by atoms with van der Waals surface area (Å²) in [5, 5.41) is 0. The van der Waals surface area contributed by atoms with Crippen LogP contribution in [-0.2, 0) is 19.1 Å². The van der Waals surface area contributed by atoms with Gasteiger partial charge < -0.3 is 24.0 Å². The first kappa shape index (κ1) is 21.2. The van der Waals surface area contributed by atoms with Gasteiger partial charge in [0.15, 0.2) is 0 Å². The van der Waals surface area contributed by atoms with Crippen molar-refractivity contribution in [3.05, 3.63) is 64.9 Å². The van der Waals surface area contributed by atoms with Crippen LogP contribution in [0.1, 0.15) is 11.1 Å². The third kappa shape index (κ3) is 4.10. The van der Waals surface area contributed by atoms with E-state index in [0.29, 0.717) is 6.67 Å². The Balaban J connectivity index is 2.15. The smallest absolute Gasteiger partial charge is 0.355 e. The summed E-state index contributed by atoms with van der Waals surface area (Å²) in [5.74, 6) is -0.408. The summed E-state index contributed by atoms with van der Waals surface area (Å²) in [4.78, 5) is 29.2. The zero-order chi connectivity index (χ0) is 21.8. The molecule has 2 aromatic rings. The van der Waals surface area contributed by atoms with E-state index >= 15 is 0 Å². The van der Waals surface area contributed by atoms with E-state index in [9.17, 15) is 9.59 Å². The van der Waals surface area contributed by atoms with Gasteiger partial charge in [-0.1, -0.05) is 17.7 Å². The highest BCUT2D eigenvalue weighted by atomic mass is 16.5. The van der Waals surface area contributed by atoms with Gasteiger partial charge in [-0.25, -0.2) is 9.59 Å². The molecule has 2 aromatic carbocycles. The largest absolute Gasteiger partial charge is 0.497 e. The van der Waals surface area contributed by atoms with Crippen LogP contribution in [0.25, 0.3) is 0 Å². The van der Waals surface area contributed by atoms with Crippen molar-refractivity contribution in [1.82, 2.24) is 0 Å². The minimum atomic E-state index is -0.579. The summed E-state index contributed by atoms with van der Waals surface area (Å²) in [6, 6.07) is 13.5. The Morgan fingerprint density at radius 2 is 1.57 bits per heavy atom. The van der Waals surface area contributed by atoms with Crippen molar-refractivity contribution < 1.29 is 23.8 Å². The maximum absolute atomic E-state index is 12.7. The maximum Gasteiger partial charge on any atom is 0.355 e. The van der Waals surface area contributed by atoms with Crippen LogP contribution in [0.15, 0.2) is 53.7 Å². The average molecular weight is 410 g/mol. The molecule has 1 aliphatic heterocycles. The fraction of sp³-hybridized carbons (Fsp3) is 0.304. The number of ether oxygens (including phenoxy) is 3. The summed E-state index contributed by atoms with van der Waals surface area (Å²) in [6.07, 6.45) is 0. The topological polar surface area (TPSA) is 68.3 Å². The number of rotatable bonds is 5. The van der Waals surface area contributed by atoms with Crippen LogP contribution in [0.3, 0.4) is 0 Å². The van der Waals surface area contributed by atoms with Crippen molar-refractivity contribution in [3.8, 4) is 5.75 Å². The van der Waals surface area contributed by atoms with E-state index in [2.05, 4.69) is 0 Å². The number of hydrogen-bond acceptors (Lipinski definition) is 7. The van der Waals surface area contributed by atoms with E-state index in [0.717, 1.165) is 28.3 Å². The standard InChI is InChI=1S/C23H26N2O5/c1-15-6-11-20(16(2)12-15)25-14-24(17-7-9-18(28-3)10-8-17)13-19(22(26)29-4)21(25)23(27)30-5/h6-12H,13-14H2,1-5H3. The van der Waals surface area contributed by atoms with Crippen LogP contribution >= 0.6 is 0 Å². The summed E-state index contributed by atoms with van der Waals surface area (Å²) in [6.45, 7) is 4.56. The molecule has 30 heavy (non-hydrogen) atoms. The molecule has 0 fully saturated rings. The fourth-order valence-electron chi connectivity index (χ4n) is 3.61. The van der Waals surface area contributed by atoms with Crippen molar-refractivity contribution in [1.29, 1.82) is 0 Å². The summed E-state index contributed by atoms with van der Waals surface area (Å²) in [5.41, 5.74) is 4.23. The van der Waals surface area contributed by atoms with E-state index in [1.165, 1.54) is 14.2 Å². The predicted molar refractivity (Wildman–Crippen MR) is 115 cm³/mol. The molecule has 0 saturated heterocycles. The second-order valence-corrected chi connectivity index (χ2v) is 7.07. The lowest BCUT2D eigenvalue weighted by atomic mass is 10.0. The molecule has 3 rings (SSSR count). The van der Waals surface area contributed by atoms with Crippen molar-refractivity contribution in [2.45, 2.75) is 13.8 Å². The van der Waals surface area contributed by atoms with Gasteiger partial charge in [0, 0.05) is 11.4 Å². The van der Waals surface area contributed by atoms with Gasteiger partial charge in [0.05, 0.1) is 40.1 Å². The molecule has 7 nitrogen and oxygen atoms in total. The molecule has 7 heteroatoms. The number of benzene rings is 2. The van der Waals surface area contributed by atoms with Crippen molar-refractivity contribution in [2.75, 3.05) is 44.3 Å². The summed E-state index contributed by atoms with van der Waals surface area (Å²) in [7, 11) is 4.22. The lowest BCUT2D eigenvalue weighted by molar-refractivity contribution is -0.139. The highest BCUT2D eigenvalue weighted by Gasteiger charge is 2.35. The molecular formula is C23H26N2O5. The molecule has 0 atom stereocenters. The first-order valence-electron chi connectivity index (χ1n) is 9.53. The number of carbonyl (C=O) groups is 2. The zero-order valence-electron chi connectivity index (χ0n) is 17.9. The number of aryl methyl sites for hydroxylation is 2. The Morgan fingerprint density at radius 3 is 2.13 bits per heavy atom. The van der Waals surface area contributed by atoms with Crippen LogP contribution in [0.2, 0.25) is 0 Å². The molecule has 0 unspecified atom stereocenters. The zero-order valence-corrected chi connectivity index (χ0v) is 17.9. The van der Waals surface area contributed by atoms with Crippen LogP contribution in [0.5, 0.6) is 5.75 Å². The van der Waals surface area contributed by atoms with E-state index in [-0.39, 0.29) is 17.8 Å². The fourth-order valence-corrected chi connectivity index (χ4v) is 3.61. The molecular weight excluding hydrogens is 384 g/mol. The quantitative estimate of drug-likeness (QED) is 0.701. The number of methoxy groups -OCH3 is 3. The van der Waals surface area contributed by atoms with Crippen LogP contribution in [0.4, 0.5) is 11.4 Å². The minimum absolute atomic E-state index is 0.195. The number of anilines is 2. The van der Waals surface area contributed by atoms with Crippen LogP contribution in [-0.4, -0.2) is 46.5 Å². The van der Waals surface area contributed by atoms with E-state index in [4.69, 9.17) is 14.2 Å². The van der Waals surface area contributed by atoms with Gasteiger partial charge >= 0.3 is 11.9 Å². The predicted octanol–water partition coefficient (Wildman–Crippen LogP) is 3.20. The SMILES string of the molecule is COC(=O)C1=C(C(=O)OC)N(c2ccc(C)cc2C)CN(c2ccc(OC)cc2)C1. The van der Waals surface area contributed by atoms with E-state index < -0.39 is 11.9 Å². The van der Waals surface area contributed by atoms with Gasteiger partial charge in [0.1, 0.15) is 11.4 Å². The highest BCUT2D eigenvalue weighted by Crippen LogP contribution is 2.33. The second kappa shape index (κ2) is 8.90. The normalized spacial score (nSPS) is 13.9. The van der Waals surface area contributed by atoms with Gasteiger partial charge in [0.25, 0.3) is 0 Å². The number of esters is 2. The molecule has 158 valence electrons. The Labute approximate surface area is 176 Å². The Bertz CT molecular complexity index is 982. The molecule has 0 radical (unpaired) electrons. The lowest BCUT2D eigenvalue weighted by Crippen LogP contribution is -2.48. The molecule has 1 aliphatic rings. The molecule has 0 aliphatic carbocycles. The molecule has 0 bridgehead atoms. The van der Waals surface area contributed by atoms with Crippen molar-refractivity contribution in [2.24, 2.45) is 0 Å². The third-order valence-corrected chi connectivity index (χ3v) is 5.11. The third-order valence-electron chi connectivity index (χ3n) is 5.11. The Hall–Kier alpha value is -3.48. The molecule has 0 N–H and O–H groups in total. The number of nitrogens with zero attached hydrogens (tertiary/aromatic N) is 2.